The van der Waals surface area contributed by atoms with Crippen LogP contribution in [0.5, 0.6) is 5.75 Å². The number of nitrogens with zero attached hydrogens (tertiary/aromatic N) is 1. The third-order valence-electron chi connectivity index (χ3n) is 6.31. The van der Waals surface area contributed by atoms with Gasteiger partial charge in [-0.25, -0.2) is 4.79 Å². The molecule has 0 N–H and O–H groups in total. The van der Waals surface area contributed by atoms with Gasteiger partial charge in [-0.15, -0.1) is 0 Å². The Morgan fingerprint density at radius 2 is 1.46 bits per heavy atom. The van der Waals surface area contributed by atoms with E-state index < -0.39 is 5.97 Å². The highest BCUT2D eigenvalue weighted by Gasteiger charge is 2.61. The van der Waals surface area contributed by atoms with E-state index in [1.807, 2.05) is 0 Å². The van der Waals surface area contributed by atoms with E-state index in [0.29, 0.717) is 33.9 Å². The van der Waals surface area contributed by atoms with Gasteiger partial charge in [-0.1, -0.05) is 11.6 Å². The second-order valence-electron chi connectivity index (χ2n) is 7.79. The molecular weight excluding hydrogens is 378 g/mol. The number of esters is 1. The second-order valence-corrected chi connectivity index (χ2v) is 8.22. The number of anilines is 1. The highest BCUT2D eigenvalue weighted by molar-refractivity contribution is 6.30. The third-order valence-corrected chi connectivity index (χ3v) is 6.56. The molecule has 3 aliphatic rings. The molecule has 2 saturated carbocycles. The lowest BCUT2D eigenvalue weighted by Crippen LogP contribution is -2.32. The van der Waals surface area contributed by atoms with E-state index in [0.717, 1.165) is 19.3 Å². The number of halogens is 1. The summed E-state index contributed by atoms with van der Waals surface area (Å²) in [4.78, 5) is 39.3. The first-order valence-electron chi connectivity index (χ1n) is 9.48. The van der Waals surface area contributed by atoms with Crippen LogP contribution in [-0.4, -0.2) is 17.8 Å². The summed E-state index contributed by atoms with van der Waals surface area (Å²) in [6, 6.07) is 12.9. The second kappa shape index (κ2) is 6.45. The maximum absolute atomic E-state index is 12.9. The predicted octanol–water partition coefficient (Wildman–Crippen LogP) is 4.09. The van der Waals surface area contributed by atoms with Crippen molar-refractivity contribution in [2.75, 3.05) is 4.90 Å². The van der Waals surface area contributed by atoms with Crippen LogP contribution < -0.4 is 9.64 Å². The van der Waals surface area contributed by atoms with Crippen LogP contribution in [0.3, 0.4) is 0 Å². The molecule has 5 nitrogen and oxygen atoms in total. The van der Waals surface area contributed by atoms with Crippen molar-refractivity contribution in [1.29, 1.82) is 0 Å². The number of ether oxygens (including phenoxy) is 1. The Morgan fingerprint density at radius 1 is 0.893 bits per heavy atom. The minimum absolute atomic E-state index is 0.0758. The van der Waals surface area contributed by atoms with E-state index in [9.17, 15) is 14.4 Å². The molecule has 5 rings (SSSR count). The largest absolute Gasteiger partial charge is 0.423 e. The van der Waals surface area contributed by atoms with Crippen molar-refractivity contribution in [3.63, 3.8) is 0 Å². The minimum Gasteiger partial charge on any atom is -0.423 e. The zero-order chi connectivity index (χ0) is 19.4. The molecule has 1 saturated heterocycles. The molecule has 0 aromatic heterocycles. The Labute approximate surface area is 167 Å². The third kappa shape index (κ3) is 2.65. The Morgan fingerprint density at radius 3 is 2.04 bits per heavy atom. The molecule has 142 valence electrons. The van der Waals surface area contributed by atoms with E-state index in [4.69, 9.17) is 16.3 Å². The van der Waals surface area contributed by atoms with Crippen molar-refractivity contribution in [2.24, 2.45) is 23.7 Å². The van der Waals surface area contributed by atoms with Crippen LogP contribution in [0.1, 0.15) is 29.6 Å². The van der Waals surface area contributed by atoms with Crippen LogP contribution in [0.25, 0.3) is 0 Å². The number of imide groups is 1. The molecule has 0 unspecified atom stereocenters. The first-order chi connectivity index (χ1) is 13.5. The van der Waals surface area contributed by atoms with E-state index >= 15 is 0 Å². The summed E-state index contributed by atoms with van der Waals surface area (Å²) in [7, 11) is 0. The molecule has 0 radical (unpaired) electrons. The van der Waals surface area contributed by atoms with E-state index in [2.05, 4.69) is 0 Å². The summed E-state index contributed by atoms with van der Waals surface area (Å²) in [5, 5.41) is 0.541. The Bertz CT molecular complexity index is 941. The van der Waals surface area contributed by atoms with Crippen molar-refractivity contribution < 1.29 is 19.1 Å². The van der Waals surface area contributed by atoms with Gasteiger partial charge in [0.05, 0.1) is 23.1 Å². The molecule has 6 heteroatoms. The van der Waals surface area contributed by atoms with Crippen molar-refractivity contribution in [3.05, 3.63) is 59.1 Å². The van der Waals surface area contributed by atoms with Gasteiger partial charge < -0.3 is 4.74 Å². The van der Waals surface area contributed by atoms with Gasteiger partial charge in [-0.2, -0.15) is 0 Å². The maximum Gasteiger partial charge on any atom is 0.343 e. The molecule has 0 spiro atoms. The lowest BCUT2D eigenvalue weighted by atomic mass is 9.81. The van der Waals surface area contributed by atoms with Gasteiger partial charge in [0.15, 0.2) is 0 Å². The number of rotatable bonds is 3. The molecule has 2 bridgehead atoms. The van der Waals surface area contributed by atoms with Gasteiger partial charge >= 0.3 is 5.97 Å². The minimum atomic E-state index is -0.496. The molecule has 2 amide bonds. The van der Waals surface area contributed by atoms with Crippen molar-refractivity contribution in [1.82, 2.24) is 0 Å². The van der Waals surface area contributed by atoms with Crippen LogP contribution in [0.15, 0.2) is 48.5 Å². The van der Waals surface area contributed by atoms with Crippen LogP contribution in [0.2, 0.25) is 5.02 Å². The highest BCUT2D eigenvalue weighted by Crippen LogP contribution is 2.56. The Hall–Kier alpha value is -2.66. The zero-order valence-electron chi connectivity index (χ0n) is 15.0. The van der Waals surface area contributed by atoms with Crippen molar-refractivity contribution in [3.8, 4) is 5.75 Å². The summed E-state index contributed by atoms with van der Waals surface area (Å²) in [5.41, 5.74) is 0.928. The summed E-state index contributed by atoms with van der Waals surface area (Å²) in [6.07, 6.45) is 3.12. The standard InChI is InChI=1S/C22H18ClNO4/c23-15-5-3-12(4-6-15)22(27)28-17-9-7-16(8-10-17)24-20(25)18-13-1-2-14(11-13)19(18)21(24)26/h3-10,13-14,18-19H,1-2,11H2/t13-,14-,18-,19+/m0/s1. The molecule has 1 heterocycles. The van der Waals surface area contributed by atoms with Crippen LogP contribution in [0, 0.1) is 23.7 Å². The van der Waals surface area contributed by atoms with Gasteiger partial charge in [-0.3, -0.25) is 14.5 Å². The smallest absolute Gasteiger partial charge is 0.343 e. The van der Waals surface area contributed by atoms with Crippen molar-refractivity contribution >= 4 is 35.1 Å². The molecule has 4 atom stereocenters. The fraction of sp³-hybridized carbons (Fsp3) is 0.318. The summed E-state index contributed by atoms with van der Waals surface area (Å²) in [5.74, 6) is 0.127. The van der Waals surface area contributed by atoms with Gasteiger partial charge in [-0.05, 0) is 79.6 Å². The highest BCUT2D eigenvalue weighted by atomic mass is 35.5. The molecule has 2 aromatic rings. The van der Waals surface area contributed by atoms with Gasteiger partial charge in [0.1, 0.15) is 5.75 Å². The number of amides is 2. The number of carbonyl (C=O) groups is 3. The van der Waals surface area contributed by atoms with Crippen LogP contribution in [-0.2, 0) is 9.59 Å². The Balaban J connectivity index is 1.33. The molecule has 1 aliphatic heterocycles. The Kier molecular flexibility index (Phi) is 4.02. The fourth-order valence-electron chi connectivity index (χ4n) is 5.08. The van der Waals surface area contributed by atoms with E-state index in [-0.39, 0.29) is 23.7 Å². The number of fused-ring (bicyclic) bond motifs is 5. The quantitative estimate of drug-likeness (QED) is 0.446. The summed E-state index contributed by atoms with van der Waals surface area (Å²) < 4.78 is 5.36. The monoisotopic (exact) mass is 395 g/mol. The number of hydrogen-bond donors (Lipinski definition) is 0. The summed E-state index contributed by atoms with van der Waals surface area (Å²) >= 11 is 5.82. The van der Waals surface area contributed by atoms with Gasteiger partial charge in [0.25, 0.3) is 0 Å². The molecule has 28 heavy (non-hydrogen) atoms. The van der Waals surface area contributed by atoms with Crippen LogP contribution >= 0.6 is 11.6 Å². The lowest BCUT2D eigenvalue weighted by molar-refractivity contribution is -0.123. The number of benzene rings is 2. The molecule has 2 aromatic carbocycles. The first-order valence-corrected chi connectivity index (χ1v) is 9.86. The lowest BCUT2D eigenvalue weighted by Gasteiger charge is -2.19. The van der Waals surface area contributed by atoms with Gasteiger partial charge in [0.2, 0.25) is 11.8 Å². The SMILES string of the molecule is O=C(Oc1ccc(N2C(=O)[C@@H]3[C@H]4CC[C@@H](C4)[C@@H]3C2=O)cc1)c1ccc(Cl)cc1. The molecule has 2 aliphatic carbocycles. The van der Waals surface area contributed by atoms with Gasteiger partial charge in [0, 0.05) is 5.02 Å². The van der Waals surface area contributed by atoms with Crippen LogP contribution in [0.4, 0.5) is 5.69 Å². The maximum atomic E-state index is 12.9. The molecular formula is C22H18ClNO4. The van der Waals surface area contributed by atoms with E-state index in [1.165, 1.54) is 4.90 Å². The topological polar surface area (TPSA) is 63.7 Å². The van der Waals surface area contributed by atoms with E-state index in [1.54, 1.807) is 48.5 Å². The zero-order valence-corrected chi connectivity index (χ0v) is 15.8. The summed E-state index contributed by atoms with van der Waals surface area (Å²) in [6.45, 7) is 0. The number of hydrogen-bond acceptors (Lipinski definition) is 4. The average molecular weight is 396 g/mol. The normalized spacial score (nSPS) is 28.0. The average Bonchev–Trinajstić information content (AvgIpc) is 3.37. The number of carbonyl (C=O) groups excluding carboxylic acids is 3. The first kappa shape index (κ1) is 17.4. The fourth-order valence-corrected chi connectivity index (χ4v) is 5.20. The van der Waals surface area contributed by atoms with Crippen molar-refractivity contribution in [2.45, 2.75) is 19.3 Å². The molecule has 3 fully saturated rings. The predicted molar refractivity (Wildman–Crippen MR) is 103 cm³/mol.